The van der Waals surface area contributed by atoms with E-state index in [0.717, 1.165) is 11.6 Å². The lowest BCUT2D eigenvalue weighted by Crippen LogP contribution is -2.51. The number of amides is 3. The molecule has 0 unspecified atom stereocenters. The molecule has 0 aliphatic carbocycles. The van der Waals surface area contributed by atoms with Crippen LogP contribution in [0, 0.1) is 30.3 Å². The van der Waals surface area contributed by atoms with Crippen molar-refractivity contribution in [1.82, 2.24) is 10.6 Å². The van der Waals surface area contributed by atoms with E-state index in [1.807, 2.05) is 6.92 Å². The maximum Gasteiger partial charge on any atom is 0.251 e. The van der Waals surface area contributed by atoms with E-state index in [9.17, 15) is 27.6 Å². The molecular weight excluding hydrogens is 399 g/mol. The first-order chi connectivity index (χ1) is 14.1. The van der Waals surface area contributed by atoms with Gasteiger partial charge in [-0.3, -0.25) is 14.4 Å². The summed E-state index contributed by atoms with van der Waals surface area (Å²) < 4.78 is 39.8. The molecule has 160 valence electrons. The standard InChI is InChI=1S/C21H22F3N3O3/c1-11(2)19(27-20(29)13-6-4-12(3)5-7-13)21(30)25-10-16(28)26-15-9-8-14(22)17(23)18(15)24/h4-9,11,19H,10H2,1-3H3,(H,25,30)(H,26,28)(H,27,29)/t19-/m1/s1. The predicted octanol–water partition coefficient (Wildman–Crippen LogP) is 2.92. The summed E-state index contributed by atoms with van der Waals surface area (Å²) in [7, 11) is 0. The first-order valence-electron chi connectivity index (χ1n) is 9.18. The summed E-state index contributed by atoms with van der Waals surface area (Å²) in [5.41, 5.74) is 0.806. The highest BCUT2D eigenvalue weighted by Gasteiger charge is 2.25. The number of carbonyl (C=O) groups excluding carboxylic acids is 3. The summed E-state index contributed by atoms with van der Waals surface area (Å²) in [6.07, 6.45) is 0. The van der Waals surface area contributed by atoms with Crippen molar-refractivity contribution in [2.45, 2.75) is 26.8 Å². The number of rotatable bonds is 7. The molecule has 0 spiro atoms. The summed E-state index contributed by atoms with van der Waals surface area (Å²) >= 11 is 0. The average molecular weight is 421 g/mol. The molecule has 0 saturated heterocycles. The van der Waals surface area contributed by atoms with Gasteiger partial charge in [0.2, 0.25) is 11.8 Å². The maximum absolute atomic E-state index is 13.6. The Morgan fingerprint density at radius 3 is 2.17 bits per heavy atom. The van der Waals surface area contributed by atoms with Crippen molar-refractivity contribution in [2.24, 2.45) is 5.92 Å². The van der Waals surface area contributed by atoms with Crippen molar-refractivity contribution in [3.8, 4) is 0 Å². The van der Waals surface area contributed by atoms with Gasteiger partial charge in [-0.25, -0.2) is 13.2 Å². The molecule has 0 fully saturated rings. The quantitative estimate of drug-likeness (QED) is 0.601. The molecule has 2 aromatic rings. The first-order valence-corrected chi connectivity index (χ1v) is 9.18. The molecule has 2 aromatic carbocycles. The van der Waals surface area contributed by atoms with Gasteiger partial charge in [-0.1, -0.05) is 31.5 Å². The van der Waals surface area contributed by atoms with E-state index < -0.39 is 53.4 Å². The van der Waals surface area contributed by atoms with Gasteiger partial charge >= 0.3 is 0 Å². The molecule has 1 atom stereocenters. The van der Waals surface area contributed by atoms with Gasteiger partial charge in [-0.15, -0.1) is 0 Å². The Kier molecular flexibility index (Phi) is 7.57. The molecular formula is C21H22F3N3O3. The first kappa shape index (κ1) is 22.9. The van der Waals surface area contributed by atoms with E-state index in [1.165, 1.54) is 0 Å². The van der Waals surface area contributed by atoms with E-state index in [-0.39, 0.29) is 5.92 Å². The number of hydrogen-bond donors (Lipinski definition) is 3. The fourth-order valence-corrected chi connectivity index (χ4v) is 2.56. The molecule has 30 heavy (non-hydrogen) atoms. The Morgan fingerprint density at radius 1 is 0.933 bits per heavy atom. The lowest BCUT2D eigenvalue weighted by atomic mass is 10.0. The summed E-state index contributed by atoms with van der Waals surface area (Å²) in [6.45, 7) is 4.76. The summed E-state index contributed by atoms with van der Waals surface area (Å²) in [5.74, 6) is -6.84. The Hall–Kier alpha value is -3.36. The van der Waals surface area contributed by atoms with Crippen LogP contribution in [-0.2, 0) is 9.59 Å². The topological polar surface area (TPSA) is 87.3 Å². The van der Waals surface area contributed by atoms with Gasteiger partial charge < -0.3 is 16.0 Å². The van der Waals surface area contributed by atoms with Gasteiger partial charge in [-0.2, -0.15) is 0 Å². The monoisotopic (exact) mass is 421 g/mol. The Labute approximate surface area is 171 Å². The lowest BCUT2D eigenvalue weighted by Gasteiger charge is -2.21. The van der Waals surface area contributed by atoms with Crippen LogP contribution in [0.2, 0.25) is 0 Å². The fourth-order valence-electron chi connectivity index (χ4n) is 2.56. The second-order valence-electron chi connectivity index (χ2n) is 7.05. The second kappa shape index (κ2) is 9.91. The van der Waals surface area contributed by atoms with Gasteiger partial charge in [0.25, 0.3) is 5.91 Å². The van der Waals surface area contributed by atoms with Crippen LogP contribution >= 0.6 is 0 Å². The molecule has 0 bridgehead atoms. The number of benzene rings is 2. The number of halogens is 3. The average Bonchev–Trinajstić information content (AvgIpc) is 2.70. The zero-order chi connectivity index (χ0) is 22.4. The molecule has 0 heterocycles. The number of anilines is 1. The molecule has 0 aromatic heterocycles. The van der Waals surface area contributed by atoms with Gasteiger partial charge in [-0.05, 0) is 37.1 Å². The minimum atomic E-state index is -1.71. The van der Waals surface area contributed by atoms with Crippen molar-refractivity contribution in [2.75, 3.05) is 11.9 Å². The highest BCUT2D eigenvalue weighted by atomic mass is 19.2. The van der Waals surface area contributed by atoms with Gasteiger partial charge in [0, 0.05) is 5.56 Å². The Bertz CT molecular complexity index is 947. The third-order valence-electron chi connectivity index (χ3n) is 4.28. The molecule has 0 aliphatic rings. The molecule has 2 rings (SSSR count). The third-order valence-corrected chi connectivity index (χ3v) is 4.28. The van der Waals surface area contributed by atoms with Gasteiger partial charge in [0.15, 0.2) is 17.5 Å². The van der Waals surface area contributed by atoms with E-state index in [0.29, 0.717) is 11.6 Å². The van der Waals surface area contributed by atoms with Crippen LogP contribution in [0.3, 0.4) is 0 Å². The van der Waals surface area contributed by atoms with E-state index in [2.05, 4.69) is 16.0 Å². The number of nitrogens with one attached hydrogen (secondary N) is 3. The third kappa shape index (κ3) is 5.82. The van der Waals surface area contributed by atoms with Crippen molar-refractivity contribution < 1.29 is 27.6 Å². The smallest absolute Gasteiger partial charge is 0.251 e. The number of carbonyl (C=O) groups is 3. The van der Waals surface area contributed by atoms with Crippen LogP contribution in [0.25, 0.3) is 0 Å². The normalized spacial score (nSPS) is 11.7. The molecule has 0 radical (unpaired) electrons. The van der Waals surface area contributed by atoms with Crippen LogP contribution in [0.1, 0.15) is 29.8 Å². The van der Waals surface area contributed by atoms with Crippen LogP contribution in [-0.4, -0.2) is 30.3 Å². The molecule has 0 aliphatic heterocycles. The van der Waals surface area contributed by atoms with Gasteiger partial charge in [0.1, 0.15) is 6.04 Å². The molecule has 6 nitrogen and oxygen atoms in total. The fraction of sp³-hybridized carbons (Fsp3) is 0.286. The SMILES string of the molecule is Cc1ccc(C(=O)N[C@@H](C(=O)NCC(=O)Nc2ccc(F)c(F)c2F)C(C)C)cc1. The van der Waals surface area contributed by atoms with E-state index in [4.69, 9.17) is 0 Å². The van der Waals surface area contributed by atoms with Crippen molar-refractivity contribution in [1.29, 1.82) is 0 Å². The summed E-state index contributed by atoms with van der Waals surface area (Å²) in [5, 5.41) is 7.00. The lowest BCUT2D eigenvalue weighted by molar-refractivity contribution is -0.126. The largest absolute Gasteiger partial charge is 0.345 e. The van der Waals surface area contributed by atoms with Crippen LogP contribution in [0.4, 0.5) is 18.9 Å². The molecule has 3 amide bonds. The number of hydrogen-bond acceptors (Lipinski definition) is 3. The maximum atomic E-state index is 13.6. The van der Waals surface area contributed by atoms with E-state index in [1.54, 1.807) is 38.1 Å². The van der Waals surface area contributed by atoms with Gasteiger partial charge in [0.05, 0.1) is 12.2 Å². The number of aryl methyl sites for hydroxylation is 1. The highest BCUT2D eigenvalue weighted by molar-refractivity contribution is 5.99. The summed E-state index contributed by atoms with van der Waals surface area (Å²) in [6, 6.07) is 7.40. The van der Waals surface area contributed by atoms with Crippen LogP contribution in [0.15, 0.2) is 36.4 Å². The minimum Gasteiger partial charge on any atom is -0.345 e. The molecule has 9 heteroatoms. The molecule has 0 saturated carbocycles. The van der Waals surface area contributed by atoms with Crippen LogP contribution in [0.5, 0.6) is 0 Å². The Balaban J connectivity index is 1.96. The highest BCUT2D eigenvalue weighted by Crippen LogP contribution is 2.19. The molecule has 3 N–H and O–H groups in total. The van der Waals surface area contributed by atoms with Crippen molar-refractivity contribution >= 4 is 23.4 Å². The van der Waals surface area contributed by atoms with E-state index >= 15 is 0 Å². The second-order valence-corrected chi connectivity index (χ2v) is 7.05. The zero-order valence-electron chi connectivity index (χ0n) is 16.7. The zero-order valence-corrected chi connectivity index (χ0v) is 16.7. The minimum absolute atomic E-state index is 0.286. The van der Waals surface area contributed by atoms with Crippen LogP contribution < -0.4 is 16.0 Å². The van der Waals surface area contributed by atoms with Crippen molar-refractivity contribution in [3.63, 3.8) is 0 Å². The summed E-state index contributed by atoms with van der Waals surface area (Å²) in [4.78, 5) is 36.7. The Morgan fingerprint density at radius 2 is 1.57 bits per heavy atom. The van der Waals surface area contributed by atoms with Crippen molar-refractivity contribution in [3.05, 3.63) is 65.0 Å². The predicted molar refractivity (Wildman–Crippen MR) is 105 cm³/mol.